The summed E-state index contributed by atoms with van der Waals surface area (Å²) < 4.78 is 6.80. The average Bonchev–Trinajstić information content (AvgIpc) is 2.89. The lowest BCUT2D eigenvalue weighted by Gasteiger charge is -2.01. The Morgan fingerprint density at radius 3 is 2.32 bits per heavy atom. The van der Waals surface area contributed by atoms with Gasteiger partial charge in [0.2, 0.25) is 0 Å². The first kappa shape index (κ1) is 14.9. The topological polar surface area (TPSA) is 69.2 Å². The molecule has 0 spiro atoms. The zero-order chi connectivity index (χ0) is 15.7. The summed E-state index contributed by atoms with van der Waals surface area (Å²) >= 11 is 6.90. The molecule has 3 aromatic rings. The van der Waals surface area contributed by atoms with E-state index < -0.39 is 4.92 Å². The first-order valence-electron chi connectivity index (χ1n) is 6.23. The van der Waals surface area contributed by atoms with Crippen molar-refractivity contribution in [2.75, 3.05) is 0 Å². The molecule has 22 heavy (non-hydrogen) atoms. The molecule has 0 N–H and O–H groups in total. The number of rotatable bonds is 3. The van der Waals surface area contributed by atoms with Gasteiger partial charge in [-0.25, -0.2) is 0 Å². The Labute approximate surface area is 142 Å². The molecule has 1 heterocycles. The van der Waals surface area contributed by atoms with E-state index in [0.717, 1.165) is 10.0 Å². The largest absolute Gasteiger partial charge is 0.354 e. The summed E-state index contributed by atoms with van der Waals surface area (Å²) in [6.45, 7) is 0. The van der Waals surface area contributed by atoms with Gasteiger partial charge in [0.05, 0.1) is 15.0 Å². The van der Waals surface area contributed by atoms with Gasteiger partial charge in [-0.2, -0.15) is 0 Å². The molecule has 0 bridgehead atoms. The SMILES string of the molecule is O=[N+]([O-])c1ccccc1-c1onc(-c2ccccc2Br)c1Br. The Bertz CT molecular complexity index is 861. The highest BCUT2D eigenvalue weighted by Crippen LogP contribution is 2.41. The van der Waals surface area contributed by atoms with Crippen LogP contribution in [0.3, 0.4) is 0 Å². The second-order valence-electron chi connectivity index (χ2n) is 4.43. The number of hydrogen-bond acceptors (Lipinski definition) is 4. The number of nitrogens with zero attached hydrogens (tertiary/aromatic N) is 2. The highest BCUT2D eigenvalue weighted by molar-refractivity contribution is 9.11. The zero-order valence-electron chi connectivity index (χ0n) is 11.0. The minimum Gasteiger partial charge on any atom is -0.354 e. The second kappa shape index (κ2) is 6.02. The Morgan fingerprint density at radius 2 is 1.64 bits per heavy atom. The second-order valence-corrected chi connectivity index (χ2v) is 6.08. The zero-order valence-corrected chi connectivity index (χ0v) is 14.2. The summed E-state index contributed by atoms with van der Waals surface area (Å²) in [5.74, 6) is 0.332. The van der Waals surface area contributed by atoms with Gasteiger partial charge in [0, 0.05) is 16.1 Å². The van der Waals surface area contributed by atoms with Crippen molar-refractivity contribution in [3.05, 3.63) is 67.6 Å². The van der Waals surface area contributed by atoms with Crippen molar-refractivity contribution in [3.8, 4) is 22.6 Å². The van der Waals surface area contributed by atoms with Crippen molar-refractivity contribution in [1.82, 2.24) is 5.16 Å². The fourth-order valence-corrected chi connectivity index (χ4v) is 3.14. The Morgan fingerprint density at radius 1 is 1.00 bits per heavy atom. The molecule has 110 valence electrons. The number of halogens is 2. The van der Waals surface area contributed by atoms with E-state index in [9.17, 15) is 10.1 Å². The van der Waals surface area contributed by atoms with Gasteiger partial charge < -0.3 is 4.52 Å². The normalized spacial score (nSPS) is 10.6. The summed E-state index contributed by atoms with van der Waals surface area (Å²) in [5, 5.41) is 15.2. The molecule has 0 aliphatic rings. The van der Waals surface area contributed by atoms with Gasteiger partial charge in [-0.3, -0.25) is 10.1 Å². The quantitative estimate of drug-likeness (QED) is 0.415. The van der Waals surface area contributed by atoms with Crippen molar-refractivity contribution in [3.63, 3.8) is 0 Å². The number of aromatic nitrogens is 1. The maximum atomic E-state index is 11.2. The van der Waals surface area contributed by atoms with Crippen LogP contribution in [-0.2, 0) is 0 Å². The van der Waals surface area contributed by atoms with E-state index in [1.807, 2.05) is 24.3 Å². The molecule has 0 unspecified atom stereocenters. The molecule has 2 aromatic carbocycles. The van der Waals surface area contributed by atoms with E-state index in [4.69, 9.17) is 4.52 Å². The molecule has 0 aliphatic carbocycles. The van der Waals surface area contributed by atoms with E-state index in [0.29, 0.717) is 21.5 Å². The van der Waals surface area contributed by atoms with Crippen LogP contribution in [0, 0.1) is 10.1 Å². The summed E-state index contributed by atoms with van der Waals surface area (Å²) in [4.78, 5) is 10.7. The number of nitro groups is 1. The van der Waals surface area contributed by atoms with Crippen molar-refractivity contribution in [1.29, 1.82) is 0 Å². The van der Waals surface area contributed by atoms with Gasteiger partial charge in [0.25, 0.3) is 5.69 Å². The van der Waals surface area contributed by atoms with E-state index in [1.165, 1.54) is 6.07 Å². The molecule has 0 amide bonds. The minimum atomic E-state index is -0.442. The highest BCUT2D eigenvalue weighted by atomic mass is 79.9. The maximum absolute atomic E-state index is 11.2. The maximum Gasteiger partial charge on any atom is 0.280 e. The Kier molecular flexibility index (Phi) is 4.08. The van der Waals surface area contributed by atoms with Crippen LogP contribution < -0.4 is 0 Å². The van der Waals surface area contributed by atoms with Crippen LogP contribution in [0.1, 0.15) is 0 Å². The Hall–Kier alpha value is -1.99. The number of benzene rings is 2. The lowest BCUT2D eigenvalue weighted by atomic mass is 10.1. The molecule has 0 saturated heterocycles. The fourth-order valence-electron chi connectivity index (χ4n) is 2.09. The third kappa shape index (κ3) is 2.57. The molecule has 7 heteroatoms. The van der Waals surface area contributed by atoms with Crippen LogP contribution in [-0.4, -0.2) is 10.1 Å². The number of nitro benzene ring substituents is 1. The molecule has 0 radical (unpaired) electrons. The molecule has 0 saturated carbocycles. The predicted octanol–water partition coefficient (Wildman–Crippen LogP) is 5.44. The standard InChI is InChI=1S/C15H8Br2N2O3/c16-11-7-3-1-5-9(11)14-13(17)15(22-18-14)10-6-2-4-8-12(10)19(20)21/h1-8H. The summed E-state index contributed by atoms with van der Waals surface area (Å²) in [5.41, 5.74) is 1.77. The fraction of sp³-hybridized carbons (Fsp3) is 0. The molecule has 1 aromatic heterocycles. The summed E-state index contributed by atoms with van der Waals surface area (Å²) in [6.07, 6.45) is 0. The molecule has 3 rings (SSSR count). The highest BCUT2D eigenvalue weighted by Gasteiger charge is 2.24. The van der Waals surface area contributed by atoms with Crippen LogP contribution in [0.5, 0.6) is 0 Å². The van der Waals surface area contributed by atoms with Crippen LogP contribution in [0.15, 0.2) is 62.0 Å². The van der Waals surface area contributed by atoms with E-state index >= 15 is 0 Å². The van der Waals surface area contributed by atoms with E-state index in [2.05, 4.69) is 37.0 Å². The van der Waals surface area contributed by atoms with Crippen LogP contribution in [0.2, 0.25) is 0 Å². The third-order valence-corrected chi connectivity index (χ3v) is 4.54. The van der Waals surface area contributed by atoms with Crippen molar-refractivity contribution in [2.45, 2.75) is 0 Å². The molecule has 0 atom stereocenters. The smallest absolute Gasteiger partial charge is 0.280 e. The lowest BCUT2D eigenvalue weighted by Crippen LogP contribution is -1.91. The van der Waals surface area contributed by atoms with Crippen LogP contribution in [0.4, 0.5) is 5.69 Å². The van der Waals surface area contributed by atoms with Gasteiger partial charge in [0.1, 0.15) is 5.69 Å². The van der Waals surface area contributed by atoms with Crippen molar-refractivity contribution >= 4 is 37.5 Å². The van der Waals surface area contributed by atoms with Gasteiger partial charge in [-0.1, -0.05) is 51.4 Å². The number of hydrogen-bond donors (Lipinski definition) is 0. The first-order valence-corrected chi connectivity index (χ1v) is 7.82. The van der Waals surface area contributed by atoms with Gasteiger partial charge in [0.15, 0.2) is 5.76 Å². The first-order chi connectivity index (χ1) is 10.6. The van der Waals surface area contributed by atoms with Gasteiger partial charge in [-0.15, -0.1) is 0 Å². The van der Waals surface area contributed by atoms with Gasteiger partial charge >= 0.3 is 0 Å². The van der Waals surface area contributed by atoms with E-state index in [-0.39, 0.29) is 5.69 Å². The molecule has 0 fully saturated rings. The predicted molar refractivity (Wildman–Crippen MR) is 89.4 cm³/mol. The van der Waals surface area contributed by atoms with E-state index in [1.54, 1.807) is 18.2 Å². The van der Waals surface area contributed by atoms with Crippen molar-refractivity contribution in [2.24, 2.45) is 0 Å². The average molecular weight is 424 g/mol. The molecular formula is C15H8Br2N2O3. The Balaban J connectivity index is 2.17. The molecule has 5 nitrogen and oxygen atoms in total. The monoisotopic (exact) mass is 422 g/mol. The molecule has 0 aliphatic heterocycles. The minimum absolute atomic E-state index is 0.0296. The lowest BCUT2D eigenvalue weighted by molar-refractivity contribution is -0.384. The van der Waals surface area contributed by atoms with Crippen molar-refractivity contribution < 1.29 is 9.45 Å². The molecular weight excluding hydrogens is 416 g/mol. The summed E-state index contributed by atoms with van der Waals surface area (Å²) in [6, 6.07) is 13.9. The third-order valence-electron chi connectivity index (χ3n) is 3.11. The van der Waals surface area contributed by atoms with Gasteiger partial charge in [-0.05, 0) is 28.1 Å². The number of para-hydroxylation sites is 1. The summed E-state index contributed by atoms with van der Waals surface area (Å²) in [7, 11) is 0. The van der Waals surface area contributed by atoms with Crippen LogP contribution in [0.25, 0.3) is 22.6 Å². The van der Waals surface area contributed by atoms with Crippen LogP contribution >= 0.6 is 31.9 Å².